The van der Waals surface area contributed by atoms with Crippen molar-refractivity contribution in [1.29, 1.82) is 0 Å². The van der Waals surface area contributed by atoms with Crippen LogP contribution in [0.25, 0.3) is 0 Å². The molecule has 1 aliphatic rings. The molecular formula is C9H11ClN4O2S. The topological polar surface area (TPSA) is 72.2 Å². The summed E-state index contributed by atoms with van der Waals surface area (Å²) < 4.78 is 0. The van der Waals surface area contributed by atoms with Crippen molar-refractivity contribution >= 4 is 34.9 Å². The van der Waals surface area contributed by atoms with Gasteiger partial charge in [0.05, 0.1) is 4.92 Å². The van der Waals surface area contributed by atoms with E-state index in [1.54, 1.807) is 6.92 Å². The third-order valence-electron chi connectivity index (χ3n) is 2.51. The van der Waals surface area contributed by atoms with Gasteiger partial charge in [0.15, 0.2) is 0 Å². The molecule has 1 aliphatic heterocycles. The first-order chi connectivity index (χ1) is 8.09. The first-order valence-corrected chi connectivity index (χ1v) is 6.64. The van der Waals surface area contributed by atoms with E-state index in [1.807, 2.05) is 16.7 Å². The van der Waals surface area contributed by atoms with Crippen molar-refractivity contribution in [1.82, 2.24) is 9.97 Å². The van der Waals surface area contributed by atoms with E-state index in [-0.39, 0.29) is 11.0 Å². The SMILES string of the molecule is Cc1nc(Cl)nc(N2CCSCC2)c1[N+](=O)[O-]. The number of anilines is 1. The van der Waals surface area contributed by atoms with Gasteiger partial charge < -0.3 is 4.90 Å². The van der Waals surface area contributed by atoms with E-state index in [2.05, 4.69) is 9.97 Å². The molecule has 0 N–H and O–H groups in total. The van der Waals surface area contributed by atoms with Gasteiger partial charge in [0.1, 0.15) is 5.69 Å². The molecule has 0 spiro atoms. The highest BCUT2D eigenvalue weighted by molar-refractivity contribution is 7.99. The van der Waals surface area contributed by atoms with E-state index in [4.69, 9.17) is 11.6 Å². The average molecular weight is 275 g/mol. The van der Waals surface area contributed by atoms with Crippen LogP contribution < -0.4 is 4.90 Å². The number of halogens is 1. The van der Waals surface area contributed by atoms with E-state index in [9.17, 15) is 10.1 Å². The van der Waals surface area contributed by atoms with Crippen LogP contribution in [0.4, 0.5) is 11.5 Å². The van der Waals surface area contributed by atoms with Crippen molar-refractivity contribution in [3.8, 4) is 0 Å². The highest BCUT2D eigenvalue weighted by Gasteiger charge is 2.27. The molecule has 92 valence electrons. The summed E-state index contributed by atoms with van der Waals surface area (Å²) in [6.45, 7) is 3.07. The average Bonchev–Trinajstić information content (AvgIpc) is 2.28. The van der Waals surface area contributed by atoms with Gasteiger partial charge in [0.2, 0.25) is 11.1 Å². The Kier molecular flexibility index (Phi) is 3.68. The van der Waals surface area contributed by atoms with Crippen LogP contribution in [0.1, 0.15) is 5.69 Å². The lowest BCUT2D eigenvalue weighted by Gasteiger charge is -2.27. The Morgan fingerprint density at radius 2 is 2.06 bits per heavy atom. The van der Waals surface area contributed by atoms with Crippen molar-refractivity contribution in [3.05, 3.63) is 21.1 Å². The number of thioether (sulfide) groups is 1. The van der Waals surface area contributed by atoms with Crippen LogP contribution in [0.15, 0.2) is 0 Å². The lowest BCUT2D eigenvalue weighted by Crippen LogP contribution is -2.34. The molecule has 0 atom stereocenters. The van der Waals surface area contributed by atoms with Crippen LogP contribution in [0.2, 0.25) is 5.28 Å². The molecule has 0 bridgehead atoms. The normalized spacial score (nSPS) is 16.0. The fourth-order valence-electron chi connectivity index (χ4n) is 1.73. The minimum atomic E-state index is -0.442. The second-order valence-corrected chi connectivity index (χ2v) is 5.17. The molecule has 0 radical (unpaired) electrons. The molecule has 1 fully saturated rings. The van der Waals surface area contributed by atoms with E-state index in [1.165, 1.54) is 0 Å². The van der Waals surface area contributed by atoms with Crippen molar-refractivity contribution in [2.24, 2.45) is 0 Å². The van der Waals surface area contributed by atoms with E-state index in [0.717, 1.165) is 24.6 Å². The monoisotopic (exact) mass is 274 g/mol. The molecule has 0 amide bonds. The molecule has 0 saturated carbocycles. The molecule has 0 aromatic carbocycles. The summed E-state index contributed by atoms with van der Waals surface area (Å²) in [5.41, 5.74) is 0.268. The van der Waals surface area contributed by atoms with Crippen molar-refractivity contribution in [3.63, 3.8) is 0 Å². The smallest absolute Gasteiger partial charge is 0.332 e. The number of aromatic nitrogens is 2. The number of nitrogens with zero attached hydrogens (tertiary/aromatic N) is 4. The summed E-state index contributed by atoms with van der Waals surface area (Å²) in [4.78, 5) is 20.3. The standard InChI is InChI=1S/C9H11ClN4O2S/c1-6-7(14(15)16)8(12-9(10)11-6)13-2-4-17-5-3-13/h2-5H2,1H3. The van der Waals surface area contributed by atoms with Gasteiger partial charge in [-0.25, -0.2) is 4.98 Å². The van der Waals surface area contributed by atoms with Crippen LogP contribution in [0, 0.1) is 17.0 Å². The summed E-state index contributed by atoms with van der Waals surface area (Å²) in [6.07, 6.45) is 0. The third kappa shape index (κ3) is 2.61. The number of hydrogen-bond acceptors (Lipinski definition) is 6. The maximum atomic E-state index is 11.0. The molecule has 2 heterocycles. The number of rotatable bonds is 2. The largest absolute Gasteiger partial charge is 0.349 e. The van der Waals surface area contributed by atoms with Crippen LogP contribution in [0.3, 0.4) is 0 Å². The molecule has 6 nitrogen and oxygen atoms in total. The fourth-order valence-corrected chi connectivity index (χ4v) is 2.84. The Labute approximate surface area is 108 Å². The van der Waals surface area contributed by atoms with Gasteiger partial charge in [0.25, 0.3) is 0 Å². The second kappa shape index (κ2) is 5.05. The van der Waals surface area contributed by atoms with Crippen LogP contribution >= 0.6 is 23.4 Å². The van der Waals surface area contributed by atoms with E-state index >= 15 is 0 Å². The minimum Gasteiger partial charge on any atom is -0.349 e. The van der Waals surface area contributed by atoms with Gasteiger partial charge in [-0.1, -0.05) is 0 Å². The van der Waals surface area contributed by atoms with Crippen LogP contribution in [0.5, 0.6) is 0 Å². The fraction of sp³-hybridized carbons (Fsp3) is 0.556. The Morgan fingerprint density at radius 3 is 2.65 bits per heavy atom. The van der Waals surface area contributed by atoms with Gasteiger partial charge in [-0.3, -0.25) is 10.1 Å². The maximum Gasteiger partial charge on any atom is 0.332 e. The number of nitro groups is 1. The summed E-state index contributed by atoms with van der Waals surface area (Å²) in [5.74, 6) is 2.23. The Hall–Kier alpha value is -1.08. The minimum absolute atomic E-state index is 0.0405. The molecule has 1 aromatic heterocycles. The molecule has 8 heteroatoms. The van der Waals surface area contributed by atoms with Gasteiger partial charge in [-0.05, 0) is 18.5 Å². The van der Waals surface area contributed by atoms with Crippen molar-refractivity contribution in [2.75, 3.05) is 29.5 Å². The lowest BCUT2D eigenvalue weighted by molar-refractivity contribution is -0.385. The molecule has 1 saturated heterocycles. The van der Waals surface area contributed by atoms with Crippen LogP contribution in [-0.2, 0) is 0 Å². The highest BCUT2D eigenvalue weighted by atomic mass is 35.5. The predicted molar refractivity (Wildman–Crippen MR) is 68.0 cm³/mol. The zero-order valence-electron chi connectivity index (χ0n) is 9.22. The summed E-state index contributed by atoms with van der Waals surface area (Å²) >= 11 is 7.60. The highest BCUT2D eigenvalue weighted by Crippen LogP contribution is 2.31. The van der Waals surface area contributed by atoms with Gasteiger partial charge in [-0.15, -0.1) is 0 Å². The molecular weight excluding hydrogens is 264 g/mol. The summed E-state index contributed by atoms with van der Waals surface area (Å²) in [6, 6.07) is 0. The van der Waals surface area contributed by atoms with E-state index < -0.39 is 4.92 Å². The zero-order valence-corrected chi connectivity index (χ0v) is 10.8. The molecule has 0 unspecified atom stereocenters. The Bertz CT molecular complexity index is 451. The third-order valence-corrected chi connectivity index (χ3v) is 3.62. The quantitative estimate of drug-likeness (QED) is 0.466. The second-order valence-electron chi connectivity index (χ2n) is 3.61. The van der Waals surface area contributed by atoms with Gasteiger partial charge in [0, 0.05) is 24.6 Å². The first kappa shape index (κ1) is 12.4. The lowest BCUT2D eigenvalue weighted by atomic mass is 10.3. The maximum absolute atomic E-state index is 11.0. The van der Waals surface area contributed by atoms with Gasteiger partial charge >= 0.3 is 5.69 Å². The Morgan fingerprint density at radius 1 is 1.41 bits per heavy atom. The molecule has 2 rings (SSSR count). The summed E-state index contributed by atoms with van der Waals surface area (Å²) in [5, 5.41) is 11.1. The predicted octanol–water partition coefficient (Wildman–Crippen LogP) is 1.90. The Balaban J connectivity index is 2.46. The van der Waals surface area contributed by atoms with Gasteiger partial charge in [-0.2, -0.15) is 16.7 Å². The first-order valence-electron chi connectivity index (χ1n) is 5.11. The number of hydrogen-bond donors (Lipinski definition) is 0. The van der Waals surface area contributed by atoms with Crippen molar-refractivity contribution < 1.29 is 4.92 Å². The van der Waals surface area contributed by atoms with E-state index in [0.29, 0.717) is 11.5 Å². The molecule has 17 heavy (non-hydrogen) atoms. The zero-order chi connectivity index (χ0) is 12.4. The molecule has 0 aliphatic carbocycles. The number of aryl methyl sites for hydroxylation is 1. The van der Waals surface area contributed by atoms with Crippen LogP contribution in [-0.4, -0.2) is 39.5 Å². The van der Waals surface area contributed by atoms with Crippen molar-refractivity contribution in [2.45, 2.75) is 6.92 Å². The molecule has 1 aromatic rings. The summed E-state index contributed by atoms with van der Waals surface area (Å²) in [7, 11) is 0.